The summed E-state index contributed by atoms with van der Waals surface area (Å²) in [6, 6.07) is 0. The third-order valence-corrected chi connectivity index (χ3v) is 4.03. The number of rotatable bonds is 5. The fourth-order valence-electron chi connectivity index (χ4n) is 1.22. The average Bonchev–Trinajstić information content (AvgIpc) is 2.27. The van der Waals surface area contributed by atoms with Crippen molar-refractivity contribution in [3.63, 3.8) is 0 Å². The molecule has 0 bridgehead atoms. The summed E-state index contributed by atoms with van der Waals surface area (Å²) in [6.07, 6.45) is -0.246. The SMILES string of the molecule is CC(C(=O)O)S(=O)(=O)NCC1CNCCO1. The van der Waals surface area contributed by atoms with Crippen molar-refractivity contribution < 1.29 is 23.1 Å². The fraction of sp³-hybridized carbons (Fsp3) is 0.875. The molecule has 0 amide bonds. The van der Waals surface area contributed by atoms with Crippen molar-refractivity contribution in [1.29, 1.82) is 0 Å². The first-order valence-electron chi connectivity index (χ1n) is 4.97. The van der Waals surface area contributed by atoms with Gasteiger partial charge < -0.3 is 15.2 Å². The Bertz CT molecular complexity index is 336. The van der Waals surface area contributed by atoms with E-state index in [0.717, 1.165) is 13.5 Å². The summed E-state index contributed by atoms with van der Waals surface area (Å²) in [5.74, 6) is -1.37. The number of ether oxygens (including phenoxy) is 1. The van der Waals surface area contributed by atoms with Crippen LogP contribution in [0.25, 0.3) is 0 Å². The molecule has 1 rings (SSSR count). The lowest BCUT2D eigenvalue weighted by atomic mass is 10.3. The van der Waals surface area contributed by atoms with Crippen LogP contribution in [-0.4, -0.2) is 57.1 Å². The Labute approximate surface area is 94.2 Å². The zero-order chi connectivity index (χ0) is 12.2. The molecular formula is C8H16N2O5S. The molecule has 0 saturated carbocycles. The molecule has 2 unspecified atom stereocenters. The molecule has 0 radical (unpaired) electrons. The van der Waals surface area contributed by atoms with E-state index in [-0.39, 0.29) is 12.6 Å². The second-order valence-electron chi connectivity index (χ2n) is 3.57. The van der Waals surface area contributed by atoms with Gasteiger partial charge in [0.15, 0.2) is 5.25 Å². The first-order chi connectivity index (χ1) is 7.43. The normalized spacial score (nSPS) is 23.9. The molecule has 0 aromatic rings. The van der Waals surface area contributed by atoms with Gasteiger partial charge in [-0.3, -0.25) is 4.79 Å². The predicted octanol–water partition coefficient (Wildman–Crippen LogP) is -1.63. The van der Waals surface area contributed by atoms with Gasteiger partial charge in [-0.05, 0) is 6.92 Å². The van der Waals surface area contributed by atoms with E-state index in [1.807, 2.05) is 0 Å². The lowest BCUT2D eigenvalue weighted by Gasteiger charge is -2.24. The van der Waals surface area contributed by atoms with Crippen molar-refractivity contribution in [2.75, 3.05) is 26.2 Å². The Balaban J connectivity index is 2.44. The number of carbonyl (C=O) groups is 1. The monoisotopic (exact) mass is 252 g/mol. The van der Waals surface area contributed by atoms with Crippen LogP contribution < -0.4 is 10.0 Å². The summed E-state index contributed by atoms with van der Waals surface area (Å²) < 4.78 is 30.4. The molecule has 16 heavy (non-hydrogen) atoms. The summed E-state index contributed by atoms with van der Waals surface area (Å²) >= 11 is 0. The minimum atomic E-state index is -3.82. The molecule has 2 atom stereocenters. The van der Waals surface area contributed by atoms with Crippen LogP contribution >= 0.6 is 0 Å². The van der Waals surface area contributed by atoms with Gasteiger partial charge in [0.05, 0.1) is 12.7 Å². The fourth-order valence-corrected chi connectivity index (χ4v) is 2.15. The van der Waals surface area contributed by atoms with Crippen LogP contribution in [-0.2, 0) is 19.6 Å². The molecule has 0 spiro atoms. The van der Waals surface area contributed by atoms with E-state index in [2.05, 4.69) is 10.0 Å². The highest BCUT2D eigenvalue weighted by molar-refractivity contribution is 7.90. The molecule has 1 aliphatic rings. The second kappa shape index (κ2) is 5.58. The zero-order valence-corrected chi connectivity index (χ0v) is 9.79. The van der Waals surface area contributed by atoms with Gasteiger partial charge in [-0.25, -0.2) is 13.1 Å². The quantitative estimate of drug-likeness (QED) is 0.542. The molecular weight excluding hydrogens is 236 g/mol. The Morgan fingerprint density at radius 1 is 1.69 bits per heavy atom. The maximum atomic E-state index is 11.4. The number of aliphatic carboxylic acids is 1. The summed E-state index contributed by atoms with van der Waals surface area (Å²) in [5.41, 5.74) is 0. The molecule has 0 aliphatic carbocycles. The van der Waals surface area contributed by atoms with Crippen LogP contribution in [0.15, 0.2) is 0 Å². The molecule has 3 N–H and O–H groups in total. The highest BCUT2D eigenvalue weighted by Crippen LogP contribution is 2.00. The van der Waals surface area contributed by atoms with Crippen LogP contribution in [0.3, 0.4) is 0 Å². The third kappa shape index (κ3) is 3.71. The number of nitrogens with one attached hydrogen (secondary N) is 2. The van der Waals surface area contributed by atoms with Gasteiger partial charge in [-0.1, -0.05) is 0 Å². The summed E-state index contributed by atoms with van der Waals surface area (Å²) in [7, 11) is -3.82. The van der Waals surface area contributed by atoms with Crippen molar-refractivity contribution in [3.05, 3.63) is 0 Å². The second-order valence-corrected chi connectivity index (χ2v) is 5.66. The van der Waals surface area contributed by atoms with E-state index < -0.39 is 21.2 Å². The third-order valence-electron chi connectivity index (χ3n) is 2.33. The van der Waals surface area contributed by atoms with Crippen LogP contribution in [0, 0.1) is 0 Å². The van der Waals surface area contributed by atoms with Gasteiger partial charge in [0.25, 0.3) is 0 Å². The molecule has 94 valence electrons. The van der Waals surface area contributed by atoms with Crippen molar-refractivity contribution in [3.8, 4) is 0 Å². The van der Waals surface area contributed by atoms with Crippen LogP contribution in [0.1, 0.15) is 6.92 Å². The standard InChI is InChI=1S/C8H16N2O5S/c1-6(8(11)12)16(13,14)10-5-7-4-9-2-3-15-7/h6-7,9-10H,2-5H2,1H3,(H,11,12). The lowest BCUT2D eigenvalue weighted by Crippen LogP contribution is -2.47. The van der Waals surface area contributed by atoms with E-state index >= 15 is 0 Å². The van der Waals surface area contributed by atoms with E-state index in [1.165, 1.54) is 0 Å². The number of sulfonamides is 1. The maximum Gasteiger partial charge on any atom is 0.323 e. The Morgan fingerprint density at radius 2 is 2.38 bits per heavy atom. The van der Waals surface area contributed by atoms with Crippen LogP contribution in [0.4, 0.5) is 0 Å². The minimum Gasteiger partial charge on any atom is -0.480 e. The minimum absolute atomic E-state index is 0.0902. The van der Waals surface area contributed by atoms with Gasteiger partial charge in [-0.2, -0.15) is 0 Å². The van der Waals surface area contributed by atoms with Crippen LogP contribution in [0.2, 0.25) is 0 Å². The largest absolute Gasteiger partial charge is 0.480 e. The molecule has 8 heteroatoms. The number of carboxylic acid groups (broad SMARTS) is 1. The van der Waals surface area contributed by atoms with Gasteiger partial charge in [-0.15, -0.1) is 0 Å². The maximum absolute atomic E-state index is 11.4. The summed E-state index contributed by atoms with van der Waals surface area (Å²) in [6.45, 7) is 3.05. The van der Waals surface area contributed by atoms with Crippen molar-refractivity contribution in [1.82, 2.24) is 10.0 Å². The Morgan fingerprint density at radius 3 is 2.88 bits per heavy atom. The first-order valence-corrected chi connectivity index (χ1v) is 6.51. The van der Waals surface area contributed by atoms with Crippen molar-refractivity contribution in [2.45, 2.75) is 18.3 Å². The Kier molecular flexibility index (Phi) is 4.66. The number of hydrogen-bond acceptors (Lipinski definition) is 5. The average molecular weight is 252 g/mol. The molecule has 1 aliphatic heterocycles. The molecule has 1 saturated heterocycles. The van der Waals surface area contributed by atoms with Crippen molar-refractivity contribution >= 4 is 16.0 Å². The van der Waals surface area contributed by atoms with E-state index in [0.29, 0.717) is 13.2 Å². The smallest absolute Gasteiger partial charge is 0.323 e. The highest BCUT2D eigenvalue weighted by Gasteiger charge is 2.28. The molecule has 7 nitrogen and oxygen atoms in total. The van der Waals surface area contributed by atoms with Gasteiger partial charge in [0, 0.05) is 19.6 Å². The summed E-state index contributed by atoms with van der Waals surface area (Å²) in [4.78, 5) is 10.5. The summed E-state index contributed by atoms with van der Waals surface area (Å²) in [5, 5.41) is 10.2. The van der Waals surface area contributed by atoms with E-state index in [1.54, 1.807) is 0 Å². The molecule has 0 aromatic carbocycles. The van der Waals surface area contributed by atoms with E-state index in [9.17, 15) is 13.2 Å². The van der Waals surface area contributed by atoms with E-state index in [4.69, 9.17) is 9.84 Å². The number of hydrogen-bond donors (Lipinski definition) is 3. The molecule has 0 aromatic heterocycles. The number of morpholine rings is 1. The van der Waals surface area contributed by atoms with Crippen molar-refractivity contribution in [2.24, 2.45) is 0 Å². The lowest BCUT2D eigenvalue weighted by molar-refractivity contribution is -0.136. The van der Waals surface area contributed by atoms with Gasteiger partial charge in [0.1, 0.15) is 0 Å². The zero-order valence-electron chi connectivity index (χ0n) is 8.97. The van der Waals surface area contributed by atoms with Gasteiger partial charge in [0.2, 0.25) is 10.0 Å². The predicted molar refractivity (Wildman–Crippen MR) is 56.6 cm³/mol. The topological polar surface area (TPSA) is 105 Å². The first kappa shape index (κ1) is 13.4. The highest BCUT2D eigenvalue weighted by atomic mass is 32.2. The van der Waals surface area contributed by atoms with Gasteiger partial charge >= 0.3 is 5.97 Å². The molecule has 1 heterocycles. The van der Waals surface area contributed by atoms with Crippen LogP contribution in [0.5, 0.6) is 0 Å². The molecule has 1 fully saturated rings. The Hall–Kier alpha value is -0.700. The number of carboxylic acids is 1.